The van der Waals surface area contributed by atoms with Gasteiger partial charge in [0.2, 0.25) is 5.95 Å². The number of piperidine rings is 1. The summed E-state index contributed by atoms with van der Waals surface area (Å²) in [7, 11) is 0. The fourth-order valence-corrected chi connectivity index (χ4v) is 4.01. The summed E-state index contributed by atoms with van der Waals surface area (Å²) < 4.78 is 40.3. The van der Waals surface area contributed by atoms with Crippen LogP contribution >= 0.6 is 11.6 Å². The molecule has 2 aromatic heterocycles. The Morgan fingerprint density at radius 3 is 2.87 bits per heavy atom. The minimum absolute atomic E-state index is 0.0651. The number of aromatic nitrogens is 4. The number of alkyl halides is 3. The van der Waals surface area contributed by atoms with E-state index in [9.17, 15) is 18.0 Å². The van der Waals surface area contributed by atoms with Crippen LogP contribution in [0.2, 0.25) is 5.02 Å². The van der Waals surface area contributed by atoms with E-state index < -0.39 is 18.3 Å². The Morgan fingerprint density at radius 2 is 2.13 bits per heavy atom. The molecule has 0 aliphatic carbocycles. The second-order valence-electron chi connectivity index (χ2n) is 7.75. The highest BCUT2D eigenvalue weighted by atomic mass is 35.5. The fraction of sp³-hybridized carbons (Fsp3) is 0.450. The normalized spacial score (nSPS) is 17.2. The Hall–Kier alpha value is -2.59. The number of anilines is 1. The summed E-state index contributed by atoms with van der Waals surface area (Å²) in [5.41, 5.74) is 0.636. The lowest BCUT2D eigenvalue weighted by molar-refractivity contribution is -0.127. The molecule has 3 N–H and O–H groups in total. The van der Waals surface area contributed by atoms with Gasteiger partial charge in [-0.25, -0.2) is 9.78 Å². The molecule has 0 amide bonds. The van der Waals surface area contributed by atoms with Crippen LogP contribution in [0.1, 0.15) is 24.0 Å². The zero-order valence-corrected chi connectivity index (χ0v) is 17.4. The largest absolute Gasteiger partial charge is 0.393 e. The molecule has 0 saturated carbocycles. The number of rotatable bonds is 6. The summed E-state index contributed by atoms with van der Waals surface area (Å²) in [5, 5.41) is 6.84. The zero-order valence-electron chi connectivity index (χ0n) is 16.6. The first-order valence-corrected chi connectivity index (χ1v) is 10.4. The van der Waals surface area contributed by atoms with E-state index in [1.54, 1.807) is 0 Å². The minimum Gasteiger partial charge on any atom is -0.354 e. The highest BCUT2D eigenvalue weighted by Gasteiger charge is 2.29. The van der Waals surface area contributed by atoms with Crippen LogP contribution in [0, 0.1) is 5.92 Å². The van der Waals surface area contributed by atoms with Crippen molar-refractivity contribution >= 4 is 28.7 Å². The fourth-order valence-electron chi connectivity index (χ4n) is 3.81. The van der Waals surface area contributed by atoms with Crippen molar-refractivity contribution in [2.24, 2.45) is 5.92 Å². The van der Waals surface area contributed by atoms with Crippen LogP contribution in [-0.4, -0.2) is 45.3 Å². The van der Waals surface area contributed by atoms with Crippen molar-refractivity contribution in [1.29, 1.82) is 0 Å². The second kappa shape index (κ2) is 8.88. The number of hydrogen-bond donors (Lipinski definition) is 3. The van der Waals surface area contributed by atoms with Gasteiger partial charge in [0.15, 0.2) is 5.65 Å². The summed E-state index contributed by atoms with van der Waals surface area (Å²) in [4.78, 5) is 23.8. The van der Waals surface area contributed by atoms with Gasteiger partial charge in [0, 0.05) is 11.6 Å². The monoisotopic (exact) mass is 454 g/mol. The van der Waals surface area contributed by atoms with E-state index in [1.165, 1.54) is 29.0 Å². The van der Waals surface area contributed by atoms with Gasteiger partial charge in [-0.2, -0.15) is 18.2 Å². The van der Waals surface area contributed by atoms with Gasteiger partial charge in [-0.15, -0.1) is 0 Å². The first kappa shape index (κ1) is 21.6. The molecule has 31 heavy (non-hydrogen) atoms. The first-order chi connectivity index (χ1) is 14.8. The SMILES string of the molecule is O=c1[nH]c2cnc(NC[C@@H]3CCCNC3)nc2n1Cc1cc(Cl)ccc1CC(F)(F)F. The van der Waals surface area contributed by atoms with Gasteiger partial charge in [-0.05, 0) is 55.1 Å². The molecular weight excluding hydrogens is 433 g/mol. The Morgan fingerprint density at radius 1 is 1.29 bits per heavy atom. The van der Waals surface area contributed by atoms with Gasteiger partial charge in [0.25, 0.3) is 0 Å². The molecule has 0 unspecified atom stereocenters. The molecule has 3 heterocycles. The van der Waals surface area contributed by atoms with Gasteiger partial charge >= 0.3 is 11.9 Å². The number of H-pyrrole nitrogens is 1. The number of fused-ring (bicyclic) bond motifs is 1. The Labute approximate surface area is 181 Å². The number of imidazole rings is 1. The standard InChI is InChI=1S/C20H22ClF3N6O/c21-15-4-3-13(7-20(22,23)24)14(6-15)11-30-17-16(28-19(30)31)10-27-18(29-17)26-9-12-2-1-5-25-8-12/h3-4,6,10,12,25H,1-2,5,7-9,11H2,(H,28,31)(H,26,27,29)/t12-/m1/s1. The van der Waals surface area contributed by atoms with Gasteiger partial charge in [0.05, 0.1) is 19.2 Å². The van der Waals surface area contributed by atoms with E-state index in [0.717, 1.165) is 25.9 Å². The number of nitrogens with zero attached hydrogens (tertiary/aromatic N) is 3. The average molecular weight is 455 g/mol. The number of benzene rings is 1. The zero-order chi connectivity index (χ0) is 22.0. The second-order valence-corrected chi connectivity index (χ2v) is 8.18. The minimum atomic E-state index is -4.37. The maximum Gasteiger partial charge on any atom is 0.393 e. The van der Waals surface area contributed by atoms with Crippen molar-refractivity contribution in [1.82, 2.24) is 24.8 Å². The number of halogens is 4. The van der Waals surface area contributed by atoms with Crippen LogP contribution < -0.4 is 16.3 Å². The van der Waals surface area contributed by atoms with E-state index in [2.05, 4.69) is 25.6 Å². The lowest BCUT2D eigenvalue weighted by atomic mass is 10.00. The van der Waals surface area contributed by atoms with E-state index >= 15 is 0 Å². The van der Waals surface area contributed by atoms with Crippen LogP contribution in [0.4, 0.5) is 19.1 Å². The quantitative estimate of drug-likeness (QED) is 0.531. The predicted molar refractivity (Wildman–Crippen MR) is 113 cm³/mol. The molecular formula is C20H22ClF3N6O. The average Bonchev–Trinajstić information content (AvgIpc) is 3.03. The van der Waals surface area contributed by atoms with Crippen LogP contribution in [-0.2, 0) is 13.0 Å². The molecule has 0 bridgehead atoms. The number of hydrogen-bond acceptors (Lipinski definition) is 5. The van der Waals surface area contributed by atoms with Crippen molar-refractivity contribution < 1.29 is 13.2 Å². The van der Waals surface area contributed by atoms with E-state index in [1.807, 2.05) is 0 Å². The van der Waals surface area contributed by atoms with Gasteiger partial charge < -0.3 is 15.6 Å². The lowest BCUT2D eigenvalue weighted by Crippen LogP contribution is -2.33. The number of aromatic amines is 1. The lowest BCUT2D eigenvalue weighted by Gasteiger charge is -2.22. The smallest absolute Gasteiger partial charge is 0.354 e. The molecule has 1 aliphatic heterocycles. The predicted octanol–water partition coefficient (Wildman–Crippen LogP) is 3.34. The van der Waals surface area contributed by atoms with E-state index in [4.69, 9.17) is 11.6 Å². The molecule has 11 heteroatoms. The number of nitrogens with one attached hydrogen (secondary N) is 3. The van der Waals surface area contributed by atoms with E-state index in [-0.39, 0.29) is 12.1 Å². The Kier molecular flexibility index (Phi) is 6.19. The van der Waals surface area contributed by atoms with Crippen molar-refractivity contribution in [3.8, 4) is 0 Å². The van der Waals surface area contributed by atoms with Crippen LogP contribution in [0.3, 0.4) is 0 Å². The molecule has 0 spiro atoms. The summed E-state index contributed by atoms with van der Waals surface area (Å²) in [6, 6.07) is 4.20. The molecule has 1 fully saturated rings. The van der Waals surface area contributed by atoms with Gasteiger partial charge in [0.1, 0.15) is 5.52 Å². The molecule has 0 radical (unpaired) electrons. The topological polar surface area (TPSA) is 87.6 Å². The molecule has 1 aliphatic rings. The maximum absolute atomic E-state index is 13.0. The third kappa shape index (κ3) is 5.37. The van der Waals surface area contributed by atoms with Crippen LogP contribution in [0.25, 0.3) is 11.2 Å². The van der Waals surface area contributed by atoms with Crippen molar-refractivity contribution in [2.75, 3.05) is 25.0 Å². The highest BCUT2D eigenvalue weighted by molar-refractivity contribution is 6.30. The molecule has 3 aromatic rings. The molecule has 7 nitrogen and oxygen atoms in total. The highest BCUT2D eigenvalue weighted by Crippen LogP contribution is 2.26. The molecule has 1 aromatic carbocycles. The van der Waals surface area contributed by atoms with Crippen LogP contribution in [0.15, 0.2) is 29.2 Å². The molecule has 1 atom stereocenters. The van der Waals surface area contributed by atoms with Crippen LogP contribution in [0.5, 0.6) is 0 Å². The molecule has 4 rings (SSSR count). The van der Waals surface area contributed by atoms with E-state index in [0.29, 0.717) is 40.2 Å². The van der Waals surface area contributed by atoms with Gasteiger partial charge in [-0.1, -0.05) is 17.7 Å². The van der Waals surface area contributed by atoms with Crippen molar-refractivity contribution in [3.63, 3.8) is 0 Å². The summed E-state index contributed by atoms with van der Waals surface area (Å²) >= 11 is 6.01. The summed E-state index contributed by atoms with van der Waals surface area (Å²) in [6.45, 7) is 2.54. The summed E-state index contributed by atoms with van der Waals surface area (Å²) in [6.07, 6.45) is -1.76. The Balaban J connectivity index is 1.61. The summed E-state index contributed by atoms with van der Waals surface area (Å²) in [5.74, 6) is 0.824. The third-order valence-electron chi connectivity index (χ3n) is 5.35. The molecule has 1 saturated heterocycles. The van der Waals surface area contributed by atoms with Crippen molar-refractivity contribution in [3.05, 3.63) is 51.0 Å². The Bertz CT molecular complexity index is 1120. The third-order valence-corrected chi connectivity index (χ3v) is 5.58. The first-order valence-electron chi connectivity index (χ1n) is 10.0. The van der Waals surface area contributed by atoms with Crippen molar-refractivity contribution in [2.45, 2.75) is 32.0 Å². The molecule has 166 valence electrons. The maximum atomic E-state index is 13.0. The van der Waals surface area contributed by atoms with Gasteiger partial charge in [-0.3, -0.25) is 4.57 Å².